The Balaban J connectivity index is 2.18. The van der Waals surface area contributed by atoms with Crippen molar-refractivity contribution in [3.05, 3.63) is 28.8 Å². The molecule has 0 heterocycles. The SMILES string of the molecule is Cc1cc(C)c(NC2CCCC2N)cc1C. The first-order chi connectivity index (χ1) is 7.58. The van der Waals surface area contributed by atoms with Crippen LogP contribution in [0.4, 0.5) is 5.69 Å². The summed E-state index contributed by atoms with van der Waals surface area (Å²) in [6.45, 7) is 6.48. The largest absolute Gasteiger partial charge is 0.381 e. The first kappa shape index (κ1) is 11.5. The van der Waals surface area contributed by atoms with Gasteiger partial charge in [-0.05, 0) is 62.8 Å². The van der Waals surface area contributed by atoms with Crippen LogP contribution in [0.25, 0.3) is 0 Å². The zero-order valence-electron chi connectivity index (χ0n) is 10.5. The predicted octanol–water partition coefficient (Wildman–Crippen LogP) is 2.90. The first-order valence-corrected chi connectivity index (χ1v) is 6.18. The second-order valence-electron chi connectivity index (χ2n) is 5.10. The maximum atomic E-state index is 6.08. The van der Waals surface area contributed by atoms with Crippen LogP contribution in [0.15, 0.2) is 12.1 Å². The van der Waals surface area contributed by atoms with Gasteiger partial charge < -0.3 is 11.1 Å². The monoisotopic (exact) mass is 218 g/mol. The summed E-state index contributed by atoms with van der Waals surface area (Å²) < 4.78 is 0. The van der Waals surface area contributed by atoms with E-state index in [0.29, 0.717) is 12.1 Å². The molecule has 2 atom stereocenters. The maximum Gasteiger partial charge on any atom is 0.0412 e. The molecule has 2 rings (SSSR count). The Bertz CT molecular complexity index is 385. The lowest BCUT2D eigenvalue weighted by Gasteiger charge is -2.21. The summed E-state index contributed by atoms with van der Waals surface area (Å²) in [5.41, 5.74) is 11.4. The molecule has 0 amide bonds. The van der Waals surface area contributed by atoms with Gasteiger partial charge in [0.05, 0.1) is 0 Å². The number of nitrogens with two attached hydrogens (primary N) is 1. The van der Waals surface area contributed by atoms with Crippen LogP contribution >= 0.6 is 0 Å². The van der Waals surface area contributed by atoms with Gasteiger partial charge >= 0.3 is 0 Å². The zero-order valence-corrected chi connectivity index (χ0v) is 10.5. The number of aryl methyl sites for hydroxylation is 3. The van der Waals surface area contributed by atoms with Crippen molar-refractivity contribution in [1.29, 1.82) is 0 Å². The molecular weight excluding hydrogens is 196 g/mol. The third kappa shape index (κ3) is 2.22. The van der Waals surface area contributed by atoms with Crippen molar-refractivity contribution in [1.82, 2.24) is 0 Å². The summed E-state index contributed by atoms with van der Waals surface area (Å²) in [6, 6.07) is 5.27. The van der Waals surface area contributed by atoms with Crippen molar-refractivity contribution < 1.29 is 0 Å². The summed E-state index contributed by atoms with van der Waals surface area (Å²) in [5.74, 6) is 0. The van der Waals surface area contributed by atoms with E-state index >= 15 is 0 Å². The average molecular weight is 218 g/mol. The van der Waals surface area contributed by atoms with Crippen LogP contribution in [0.1, 0.15) is 36.0 Å². The fourth-order valence-corrected chi connectivity index (χ4v) is 2.48. The molecule has 1 aromatic rings. The lowest BCUT2D eigenvalue weighted by molar-refractivity contribution is 0.637. The molecule has 2 unspecified atom stereocenters. The number of benzene rings is 1. The highest BCUT2D eigenvalue weighted by Gasteiger charge is 2.23. The Labute approximate surface area is 98.2 Å². The summed E-state index contributed by atoms with van der Waals surface area (Å²) in [4.78, 5) is 0. The van der Waals surface area contributed by atoms with Crippen LogP contribution < -0.4 is 11.1 Å². The third-order valence-electron chi connectivity index (χ3n) is 3.75. The van der Waals surface area contributed by atoms with Crippen molar-refractivity contribution in [3.8, 4) is 0 Å². The van der Waals surface area contributed by atoms with Crippen molar-refractivity contribution in [2.45, 2.75) is 52.1 Å². The molecule has 2 heteroatoms. The third-order valence-corrected chi connectivity index (χ3v) is 3.75. The minimum absolute atomic E-state index is 0.320. The highest BCUT2D eigenvalue weighted by atomic mass is 15.0. The molecule has 0 aromatic heterocycles. The molecule has 1 aliphatic rings. The van der Waals surface area contributed by atoms with E-state index in [2.05, 4.69) is 38.2 Å². The number of hydrogen-bond acceptors (Lipinski definition) is 2. The van der Waals surface area contributed by atoms with Crippen molar-refractivity contribution >= 4 is 5.69 Å². The summed E-state index contributed by atoms with van der Waals surface area (Å²) in [6.07, 6.45) is 3.61. The first-order valence-electron chi connectivity index (χ1n) is 6.18. The average Bonchev–Trinajstić information content (AvgIpc) is 2.61. The Morgan fingerprint density at radius 3 is 2.38 bits per heavy atom. The summed E-state index contributed by atoms with van der Waals surface area (Å²) in [7, 11) is 0. The van der Waals surface area contributed by atoms with Crippen molar-refractivity contribution in [2.24, 2.45) is 5.73 Å². The van der Waals surface area contributed by atoms with Gasteiger partial charge in [-0.3, -0.25) is 0 Å². The van der Waals surface area contributed by atoms with Gasteiger partial charge in [0.15, 0.2) is 0 Å². The van der Waals surface area contributed by atoms with E-state index in [1.165, 1.54) is 35.2 Å². The fraction of sp³-hybridized carbons (Fsp3) is 0.571. The molecule has 0 saturated heterocycles. The van der Waals surface area contributed by atoms with Gasteiger partial charge in [-0.2, -0.15) is 0 Å². The maximum absolute atomic E-state index is 6.08. The standard InChI is InChI=1S/C14H22N2/c1-9-7-11(3)14(8-10(9)2)16-13-6-4-5-12(13)15/h7-8,12-13,16H,4-6,15H2,1-3H3. The van der Waals surface area contributed by atoms with Gasteiger partial charge in [-0.15, -0.1) is 0 Å². The van der Waals surface area contributed by atoms with Crippen LogP contribution in [0, 0.1) is 20.8 Å². The molecule has 1 aliphatic carbocycles. The van der Waals surface area contributed by atoms with Crippen LogP contribution in [0.5, 0.6) is 0 Å². The normalized spacial score (nSPS) is 24.8. The number of hydrogen-bond donors (Lipinski definition) is 2. The molecule has 0 spiro atoms. The minimum Gasteiger partial charge on any atom is -0.381 e. The quantitative estimate of drug-likeness (QED) is 0.801. The molecule has 16 heavy (non-hydrogen) atoms. The predicted molar refractivity (Wildman–Crippen MR) is 69.9 cm³/mol. The smallest absolute Gasteiger partial charge is 0.0412 e. The van der Waals surface area contributed by atoms with E-state index in [1.807, 2.05) is 0 Å². The Morgan fingerprint density at radius 2 is 1.75 bits per heavy atom. The van der Waals surface area contributed by atoms with Gasteiger partial charge in [0.2, 0.25) is 0 Å². The van der Waals surface area contributed by atoms with E-state index in [0.717, 1.165) is 6.42 Å². The summed E-state index contributed by atoms with van der Waals surface area (Å²) >= 11 is 0. The Morgan fingerprint density at radius 1 is 1.06 bits per heavy atom. The second kappa shape index (κ2) is 4.46. The van der Waals surface area contributed by atoms with E-state index in [9.17, 15) is 0 Å². The van der Waals surface area contributed by atoms with Crippen LogP contribution in [-0.4, -0.2) is 12.1 Å². The topological polar surface area (TPSA) is 38.0 Å². The van der Waals surface area contributed by atoms with Gasteiger partial charge in [-0.25, -0.2) is 0 Å². The Hall–Kier alpha value is -1.02. The molecule has 0 aliphatic heterocycles. The number of nitrogens with one attached hydrogen (secondary N) is 1. The zero-order chi connectivity index (χ0) is 11.7. The Kier molecular flexibility index (Phi) is 3.20. The minimum atomic E-state index is 0.320. The molecule has 88 valence electrons. The van der Waals surface area contributed by atoms with E-state index < -0.39 is 0 Å². The fourth-order valence-electron chi connectivity index (χ4n) is 2.48. The molecule has 2 nitrogen and oxygen atoms in total. The molecule has 0 radical (unpaired) electrons. The second-order valence-corrected chi connectivity index (χ2v) is 5.10. The van der Waals surface area contributed by atoms with E-state index in [1.54, 1.807) is 0 Å². The van der Waals surface area contributed by atoms with Gasteiger partial charge in [-0.1, -0.05) is 6.07 Å². The van der Waals surface area contributed by atoms with Gasteiger partial charge in [0, 0.05) is 17.8 Å². The van der Waals surface area contributed by atoms with E-state index in [4.69, 9.17) is 5.73 Å². The van der Waals surface area contributed by atoms with Gasteiger partial charge in [0.1, 0.15) is 0 Å². The molecule has 1 saturated carbocycles. The molecule has 1 aromatic carbocycles. The van der Waals surface area contributed by atoms with Crippen LogP contribution in [0.2, 0.25) is 0 Å². The van der Waals surface area contributed by atoms with E-state index in [-0.39, 0.29) is 0 Å². The molecule has 0 bridgehead atoms. The molecule has 1 fully saturated rings. The highest BCUT2D eigenvalue weighted by Crippen LogP contribution is 2.25. The highest BCUT2D eigenvalue weighted by molar-refractivity contribution is 5.55. The number of rotatable bonds is 2. The number of anilines is 1. The summed E-state index contributed by atoms with van der Waals surface area (Å²) in [5, 5.41) is 3.60. The van der Waals surface area contributed by atoms with Crippen LogP contribution in [0.3, 0.4) is 0 Å². The molecular formula is C14H22N2. The van der Waals surface area contributed by atoms with Gasteiger partial charge in [0.25, 0.3) is 0 Å². The lowest BCUT2D eigenvalue weighted by atomic mass is 10.0. The molecule has 3 N–H and O–H groups in total. The van der Waals surface area contributed by atoms with Crippen molar-refractivity contribution in [3.63, 3.8) is 0 Å². The van der Waals surface area contributed by atoms with Crippen LogP contribution in [-0.2, 0) is 0 Å². The van der Waals surface area contributed by atoms with Crippen molar-refractivity contribution in [2.75, 3.05) is 5.32 Å². The lowest BCUT2D eigenvalue weighted by Crippen LogP contribution is -2.35.